The average Bonchev–Trinajstić information content (AvgIpc) is 3.31. The quantitative estimate of drug-likeness (QED) is 0.615. The van der Waals surface area contributed by atoms with Crippen molar-refractivity contribution in [2.75, 3.05) is 37.7 Å². The Morgan fingerprint density at radius 1 is 1.12 bits per heavy atom. The SMILES string of the molecule is CCCCOc1ccccc1C1CC(C(=O)N2CCN(c3cc(Cl)ccc3C)CC2)NN1. The Morgan fingerprint density at radius 2 is 1.91 bits per heavy atom. The van der Waals surface area contributed by atoms with Crippen LogP contribution in [0.1, 0.15) is 43.4 Å². The number of unbranched alkanes of at least 4 members (excludes halogenated alkanes) is 1. The molecule has 172 valence electrons. The number of hydrogen-bond acceptors (Lipinski definition) is 5. The van der Waals surface area contributed by atoms with Crippen LogP contribution in [0.4, 0.5) is 5.69 Å². The molecule has 2 fully saturated rings. The number of carbonyl (C=O) groups is 1. The maximum Gasteiger partial charge on any atom is 0.241 e. The van der Waals surface area contributed by atoms with E-state index in [1.165, 1.54) is 5.56 Å². The monoisotopic (exact) mass is 456 g/mol. The van der Waals surface area contributed by atoms with Crippen LogP contribution in [0.3, 0.4) is 0 Å². The van der Waals surface area contributed by atoms with Gasteiger partial charge in [0.25, 0.3) is 0 Å². The fourth-order valence-electron chi connectivity index (χ4n) is 4.46. The lowest BCUT2D eigenvalue weighted by Gasteiger charge is -2.37. The molecule has 2 N–H and O–H groups in total. The normalized spacial score (nSPS) is 21.1. The minimum Gasteiger partial charge on any atom is -0.493 e. The van der Waals surface area contributed by atoms with Gasteiger partial charge in [0.2, 0.25) is 5.91 Å². The lowest BCUT2D eigenvalue weighted by atomic mass is 10.0. The summed E-state index contributed by atoms with van der Waals surface area (Å²) in [4.78, 5) is 17.5. The van der Waals surface area contributed by atoms with Gasteiger partial charge in [-0.25, -0.2) is 10.9 Å². The molecule has 2 atom stereocenters. The number of aryl methyl sites for hydroxylation is 1. The number of amides is 1. The second kappa shape index (κ2) is 10.6. The maximum atomic E-state index is 13.2. The molecule has 1 amide bonds. The van der Waals surface area contributed by atoms with E-state index in [0.29, 0.717) is 26.1 Å². The summed E-state index contributed by atoms with van der Waals surface area (Å²) in [5.41, 5.74) is 10.0. The third kappa shape index (κ3) is 5.20. The highest BCUT2D eigenvalue weighted by molar-refractivity contribution is 6.30. The first-order valence-electron chi connectivity index (χ1n) is 11.6. The van der Waals surface area contributed by atoms with Gasteiger partial charge in [0.15, 0.2) is 0 Å². The van der Waals surface area contributed by atoms with Crippen molar-refractivity contribution in [2.45, 2.75) is 45.2 Å². The van der Waals surface area contributed by atoms with Crippen molar-refractivity contribution in [3.8, 4) is 5.75 Å². The fourth-order valence-corrected chi connectivity index (χ4v) is 4.63. The van der Waals surface area contributed by atoms with Crippen LogP contribution in [-0.4, -0.2) is 49.6 Å². The number of rotatable bonds is 7. The number of benzene rings is 2. The molecule has 0 radical (unpaired) electrons. The van der Waals surface area contributed by atoms with Crippen LogP contribution in [0.5, 0.6) is 5.75 Å². The van der Waals surface area contributed by atoms with Crippen molar-refractivity contribution in [3.05, 3.63) is 58.6 Å². The summed E-state index contributed by atoms with van der Waals surface area (Å²) in [6, 6.07) is 13.9. The van der Waals surface area contributed by atoms with Crippen LogP contribution in [0.25, 0.3) is 0 Å². The molecule has 32 heavy (non-hydrogen) atoms. The van der Waals surface area contributed by atoms with E-state index in [2.05, 4.69) is 35.7 Å². The van der Waals surface area contributed by atoms with Gasteiger partial charge >= 0.3 is 0 Å². The van der Waals surface area contributed by atoms with Gasteiger partial charge in [-0.3, -0.25) is 4.79 Å². The van der Waals surface area contributed by atoms with Crippen LogP contribution in [0.15, 0.2) is 42.5 Å². The third-order valence-electron chi connectivity index (χ3n) is 6.35. The number of nitrogens with one attached hydrogen (secondary N) is 2. The molecule has 2 unspecified atom stereocenters. The summed E-state index contributed by atoms with van der Waals surface area (Å²) in [6.07, 6.45) is 2.85. The molecule has 6 nitrogen and oxygen atoms in total. The predicted octanol–water partition coefficient (Wildman–Crippen LogP) is 4.08. The Hall–Kier alpha value is -2.28. The van der Waals surface area contributed by atoms with Gasteiger partial charge < -0.3 is 14.5 Å². The first-order valence-corrected chi connectivity index (χ1v) is 12.0. The lowest BCUT2D eigenvalue weighted by molar-refractivity contribution is -0.133. The van der Waals surface area contributed by atoms with E-state index < -0.39 is 0 Å². The summed E-state index contributed by atoms with van der Waals surface area (Å²) in [6.45, 7) is 8.02. The minimum absolute atomic E-state index is 0.0529. The van der Waals surface area contributed by atoms with Gasteiger partial charge in [-0.2, -0.15) is 0 Å². The molecule has 0 aromatic heterocycles. The zero-order chi connectivity index (χ0) is 22.5. The number of hydrazine groups is 1. The molecule has 0 spiro atoms. The van der Waals surface area contributed by atoms with Crippen LogP contribution in [-0.2, 0) is 4.79 Å². The number of nitrogens with zero attached hydrogens (tertiary/aromatic N) is 2. The first-order chi connectivity index (χ1) is 15.6. The molecule has 0 saturated carbocycles. The fraction of sp³-hybridized carbons (Fsp3) is 0.480. The number of halogens is 1. The van der Waals surface area contributed by atoms with Crippen LogP contribution < -0.4 is 20.5 Å². The zero-order valence-electron chi connectivity index (χ0n) is 18.9. The lowest BCUT2D eigenvalue weighted by Crippen LogP contribution is -2.53. The summed E-state index contributed by atoms with van der Waals surface area (Å²) in [7, 11) is 0. The Kier molecular flexibility index (Phi) is 7.55. The van der Waals surface area contributed by atoms with Gasteiger partial charge in [0.1, 0.15) is 11.8 Å². The van der Waals surface area contributed by atoms with Crippen molar-refractivity contribution < 1.29 is 9.53 Å². The van der Waals surface area contributed by atoms with Crippen molar-refractivity contribution in [1.82, 2.24) is 15.8 Å². The number of para-hydroxylation sites is 1. The molecule has 2 aromatic rings. The molecule has 2 aliphatic heterocycles. The second-order valence-electron chi connectivity index (χ2n) is 8.61. The molecule has 2 aliphatic rings. The topological polar surface area (TPSA) is 56.8 Å². The molecular weight excluding hydrogens is 424 g/mol. The Balaban J connectivity index is 1.34. The maximum absolute atomic E-state index is 13.2. The van der Waals surface area contributed by atoms with Crippen LogP contribution in [0.2, 0.25) is 5.02 Å². The highest BCUT2D eigenvalue weighted by atomic mass is 35.5. The number of ether oxygens (including phenoxy) is 1. The Bertz CT molecular complexity index is 930. The largest absolute Gasteiger partial charge is 0.493 e. The van der Waals surface area contributed by atoms with Gasteiger partial charge in [-0.15, -0.1) is 0 Å². The highest BCUT2D eigenvalue weighted by Gasteiger charge is 2.35. The van der Waals surface area contributed by atoms with Crippen molar-refractivity contribution in [2.24, 2.45) is 0 Å². The number of anilines is 1. The highest BCUT2D eigenvalue weighted by Crippen LogP contribution is 2.31. The van der Waals surface area contributed by atoms with E-state index in [1.807, 2.05) is 41.3 Å². The van der Waals surface area contributed by atoms with Gasteiger partial charge in [-0.1, -0.05) is 49.2 Å². The van der Waals surface area contributed by atoms with Crippen molar-refractivity contribution in [3.63, 3.8) is 0 Å². The van der Waals surface area contributed by atoms with Crippen LogP contribution >= 0.6 is 11.6 Å². The first kappa shape index (κ1) is 22.9. The molecule has 7 heteroatoms. The predicted molar refractivity (Wildman–Crippen MR) is 129 cm³/mol. The van der Waals surface area contributed by atoms with Crippen molar-refractivity contribution >= 4 is 23.2 Å². The average molecular weight is 457 g/mol. The molecule has 0 bridgehead atoms. The Morgan fingerprint density at radius 3 is 2.69 bits per heavy atom. The number of hydrogen-bond donors (Lipinski definition) is 2. The van der Waals surface area contributed by atoms with E-state index in [4.69, 9.17) is 16.3 Å². The molecule has 2 heterocycles. The summed E-state index contributed by atoms with van der Waals surface area (Å²) >= 11 is 6.20. The number of piperazine rings is 1. The molecule has 4 rings (SSSR count). The summed E-state index contributed by atoms with van der Waals surface area (Å²) in [5, 5.41) is 0.746. The molecule has 2 aromatic carbocycles. The standard InChI is InChI=1S/C25H33ClN4O2/c1-3-4-15-32-24-8-6-5-7-20(24)21-17-22(28-27-21)25(31)30-13-11-29(12-14-30)23-16-19(26)10-9-18(23)2/h5-10,16,21-22,27-28H,3-4,11-15,17H2,1-2H3. The van der Waals surface area contributed by atoms with E-state index in [0.717, 1.165) is 48.0 Å². The van der Waals surface area contributed by atoms with Gasteiger partial charge in [-0.05, 0) is 43.5 Å². The third-order valence-corrected chi connectivity index (χ3v) is 6.59. The molecule has 0 aliphatic carbocycles. The summed E-state index contributed by atoms with van der Waals surface area (Å²) in [5.74, 6) is 1.06. The van der Waals surface area contributed by atoms with Crippen molar-refractivity contribution in [1.29, 1.82) is 0 Å². The van der Waals surface area contributed by atoms with E-state index in [1.54, 1.807) is 0 Å². The smallest absolute Gasteiger partial charge is 0.241 e. The van der Waals surface area contributed by atoms with Gasteiger partial charge in [0.05, 0.1) is 12.6 Å². The second-order valence-corrected chi connectivity index (χ2v) is 9.05. The van der Waals surface area contributed by atoms with Gasteiger partial charge in [0, 0.05) is 42.5 Å². The molecular formula is C25H33ClN4O2. The Labute approximate surface area is 195 Å². The minimum atomic E-state index is -0.233. The van der Waals surface area contributed by atoms with E-state index in [9.17, 15) is 4.79 Å². The summed E-state index contributed by atoms with van der Waals surface area (Å²) < 4.78 is 6.00. The zero-order valence-corrected chi connectivity index (χ0v) is 19.7. The van der Waals surface area contributed by atoms with E-state index >= 15 is 0 Å². The molecule has 2 saturated heterocycles. The van der Waals surface area contributed by atoms with E-state index in [-0.39, 0.29) is 18.0 Å². The van der Waals surface area contributed by atoms with Crippen LogP contribution in [0, 0.1) is 6.92 Å². The number of carbonyl (C=O) groups excluding carboxylic acids is 1.